The van der Waals surface area contributed by atoms with Gasteiger partial charge >= 0.3 is 5.97 Å². The molecule has 0 saturated heterocycles. The molecule has 3 rings (SSSR count). The van der Waals surface area contributed by atoms with Crippen molar-refractivity contribution in [3.05, 3.63) is 40.8 Å². The molecule has 2 aromatic rings. The van der Waals surface area contributed by atoms with Crippen LogP contribution in [0, 0.1) is 0 Å². The summed E-state index contributed by atoms with van der Waals surface area (Å²) in [6.07, 6.45) is -0.0132. The predicted molar refractivity (Wildman–Crippen MR) is 94.6 cm³/mol. The van der Waals surface area contributed by atoms with Crippen LogP contribution in [0.5, 0.6) is 11.5 Å². The van der Waals surface area contributed by atoms with Gasteiger partial charge in [-0.2, -0.15) is 0 Å². The Morgan fingerprint density at radius 3 is 2.76 bits per heavy atom. The molecule has 0 radical (unpaired) electrons. The number of carbonyl (C=O) groups is 2. The number of rotatable bonds is 5. The van der Waals surface area contributed by atoms with E-state index in [1.807, 2.05) is 19.1 Å². The van der Waals surface area contributed by atoms with Gasteiger partial charge in [-0.15, -0.1) is 11.3 Å². The molecular weight excluding hydrogens is 342 g/mol. The molecule has 0 aliphatic carbocycles. The Hall–Kier alpha value is -2.54. The summed E-state index contributed by atoms with van der Waals surface area (Å²) in [6, 6.07) is 8.94. The summed E-state index contributed by atoms with van der Waals surface area (Å²) in [6.45, 7) is 4.12. The maximum Gasteiger partial charge on any atom is 0.341 e. The van der Waals surface area contributed by atoms with Gasteiger partial charge in [0.1, 0.15) is 11.6 Å². The predicted octanol–water partition coefficient (Wildman–Crippen LogP) is 3.27. The zero-order valence-corrected chi connectivity index (χ0v) is 14.9. The van der Waals surface area contributed by atoms with Crippen molar-refractivity contribution in [2.75, 3.05) is 18.5 Å². The van der Waals surface area contributed by atoms with Gasteiger partial charge in [0.05, 0.1) is 12.2 Å². The number of esters is 1. The highest BCUT2D eigenvalue weighted by atomic mass is 32.1. The van der Waals surface area contributed by atoms with Gasteiger partial charge in [-0.05, 0) is 31.5 Å². The second kappa shape index (κ2) is 7.57. The summed E-state index contributed by atoms with van der Waals surface area (Å²) in [5, 5.41) is 3.25. The number of anilines is 1. The molecular formula is C18H19NO5S. The zero-order valence-electron chi connectivity index (χ0n) is 14.0. The molecule has 1 aromatic heterocycles. The van der Waals surface area contributed by atoms with Crippen molar-refractivity contribution in [2.45, 2.75) is 26.4 Å². The molecule has 1 N–H and O–H groups in total. The molecule has 0 fully saturated rings. The lowest BCUT2D eigenvalue weighted by Crippen LogP contribution is -2.40. The second-order valence-electron chi connectivity index (χ2n) is 5.38. The van der Waals surface area contributed by atoms with Gasteiger partial charge < -0.3 is 19.5 Å². The van der Waals surface area contributed by atoms with E-state index in [4.69, 9.17) is 14.2 Å². The van der Waals surface area contributed by atoms with Crippen LogP contribution in [0.1, 0.15) is 29.1 Å². The third-order valence-corrected chi connectivity index (χ3v) is 4.86. The van der Waals surface area contributed by atoms with E-state index in [9.17, 15) is 9.59 Å². The number of amides is 1. The minimum Gasteiger partial charge on any atom is -0.485 e. The van der Waals surface area contributed by atoms with Crippen LogP contribution in [0.3, 0.4) is 0 Å². The largest absolute Gasteiger partial charge is 0.485 e. The lowest BCUT2D eigenvalue weighted by Gasteiger charge is -2.25. The molecule has 132 valence electrons. The third-order valence-electron chi connectivity index (χ3n) is 3.66. The Kier molecular flexibility index (Phi) is 5.23. The number of aryl methyl sites for hydroxylation is 1. The number of para-hydroxylation sites is 2. The summed E-state index contributed by atoms with van der Waals surface area (Å²) >= 11 is 1.36. The van der Waals surface area contributed by atoms with E-state index in [0.717, 1.165) is 11.3 Å². The fraction of sp³-hybridized carbons (Fsp3) is 0.333. The van der Waals surface area contributed by atoms with Gasteiger partial charge in [0.15, 0.2) is 11.5 Å². The summed E-state index contributed by atoms with van der Waals surface area (Å²) in [7, 11) is 0. The number of hydrogen-bond donors (Lipinski definition) is 1. The monoisotopic (exact) mass is 361 g/mol. The van der Waals surface area contributed by atoms with Crippen LogP contribution in [0.4, 0.5) is 5.00 Å². The number of fused-ring (bicyclic) bond motifs is 1. The van der Waals surface area contributed by atoms with Crippen molar-refractivity contribution in [1.82, 2.24) is 0 Å². The Labute approximate surface area is 149 Å². The van der Waals surface area contributed by atoms with Crippen LogP contribution >= 0.6 is 11.3 Å². The van der Waals surface area contributed by atoms with E-state index in [2.05, 4.69) is 5.32 Å². The molecule has 6 nitrogen and oxygen atoms in total. The van der Waals surface area contributed by atoms with Crippen LogP contribution in [-0.2, 0) is 16.0 Å². The molecule has 25 heavy (non-hydrogen) atoms. The summed E-state index contributed by atoms with van der Waals surface area (Å²) in [5.74, 6) is 0.340. The standard InChI is InChI=1S/C18H19NO5S/c1-3-11-9-12(18(21)22-4-2)17(25-11)19-16(20)15-10-23-13-7-5-6-8-14(13)24-15/h5-9,15H,3-4,10H2,1-2H3,(H,19,20). The molecule has 0 saturated carbocycles. The van der Waals surface area contributed by atoms with E-state index < -0.39 is 12.1 Å². The molecule has 1 aromatic carbocycles. The minimum atomic E-state index is -0.780. The lowest BCUT2D eigenvalue weighted by atomic mass is 10.2. The lowest BCUT2D eigenvalue weighted by molar-refractivity contribution is -0.125. The van der Waals surface area contributed by atoms with Gasteiger partial charge in [-0.3, -0.25) is 4.79 Å². The Balaban J connectivity index is 1.75. The zero-order chi connectivity index (χ0) is 17.8. The number of hydrogen-bond acceptors (Lipinski definition) is 6. The number of thiophene rings is 1. The normalized spacial score (nSPS) is 15.5. The molecule has 1 aliphatic rings. The van der Waals surface area contributed by atoms with Crippen molar-refractivity contribution in [3.63, 3.8) is 0 Å². The molecule has 1 unspecified atom stereocenters. The topological polar surface area (TPSA) is 73.9 Å². The number of nitrogens with one attached hydrogen (secondary N) is 1. The van der Waals surface area contributed by atoms with Crippen molar-refractivity contribution < 1.29 is 23.8 Å². The Morgan fingerprint density at radius 2 is 2.04 bits per heavy atom. The maximum absolute atomic E-state index is 12.5. The number of carbonyl (C=O) groups excluding carboxylic acids is 2. The first-order valence-electron chi connectivity index (χ1n) is 8.11. The minimum absolute atomic E-state index is 0.115. The number of benzene rings is 1. The van der Waals surface area contributed by atoms with E-state index >= 15 is 0 Å². The fourth-order valence-corrected chi connectivity index (χ4v) is 3.40. The average Bonchev–Trinajstić information content (AvgIpc) is 3.04. The third kappa shape index (κ3) is 3.76. The molecule has 7 heteroatoms. The van der Waals surface area contributed by atoms with Gasteiger partial charge in [-0.1, -0.05) is 19.1 Å². The van der Waals surface area contributed by atoms with Crippen molar-refractivity contribution >= 4 is 28.2 Å². The Bertz CT molecular complexity index is 786. The highest BCUT2D eigenvalue weighted by Crippen LogP contribution is 2.33. The van der Waals surface area contributed by atoms with Crippen molar-refractivity contribution in [3.8, 4) is 11.5 Å². The first-order chi connectivity index (χ1) is 12.1. The van der Waals surface area contributed by atoms with E-state index in [1.165, 1.54) is 11.3 Å². The van der Waals surface area contributed by atoms with Crippen LogP contribution in [0.25, 0.3) is 0 Å². The second-order valence-corrected chi connectivity index (χ2v) is 6.52. The summed E-state index contributed by atoms with van der Waals surface area (Å²) in [4.78, 5) is 25.6. The van der Waals surface area contributed by atoms with Gasteiger partial charge in [0.25, 0.3) is 5.91 Å². The fourth-order valence-electron chi connectivity index (χ4n) is 2.41. The molecule has 0 bridgehead atoms. The average molecular weight is 361 g/mol. The maximum atomic E-state index is 12.5. The van der Waals surface area contributed by atoms with Crippen molar-refractivity contribution in [1.29, 1.82) is 0 Å². The first kappa shape index (κ1) is 17.3. The smallest absolute Gasteiger partial charge is 0.341 e. The molecule has 1 aliphatic heterocycles. The van der Waals surface area contributed by atoms with Crippen LogP contribution in [0.15, 0.2) is 30.3 Å². The molecule has 1 atom stereocenters. The molecule has 0 spiro atoms. The first-order valence-corrected chi connectivity index (χ1v) is 8.93. The molecule has 2 heterocycles. The summed E-state index contributed by atoms with van der Waals surface area (Å²) in [5.41, 5.74) is 0.370. The van der Waals surface area contributed by atoms with Crippen LogP contribution in [-0.4, -0.2) is 31.2 Å². The number of ether oxygens (including phenoxy) is 3. The van der Waals surface area contributed by atoms with E-state index in [0.29, 0.717) is 22.1 Å². The Morgan fingerprint density at radius 1 is 1.28 bits per heavy atom. The van der Waals surface area contributed by atoms with Gasteiger partial charge in [0, 0.05) is 4.88 Å². The highest BCUT2D eigenvalue weighted by Gasteiger charge is 2.29. The van der Waals surface area contributed by atoms with E-state index in [-0.39, 0.29) is 19.1 Å². The molecule has 1 amide bonds. The summed E-state index contributed by atoms with van der Waals surface area (Å²) < 4.78 is 16.3. The van der Waals surface area contributed by atoms with E-state index in [1.54, 1.807) is 25.1 Å². The van der Waals surface area contributed by atoms with Gasteiger partial charge in [-0.25, -0.2) is 4.79 Å². The SMILES string of the molecule is CCOC(=O)c1cc(CC)sc1NC(=O)C1COc2ccccc2O1. The highest BCUT2D eigenvalue weighted by molar-refractivity contribution is 7.16. The van der Waals surface area contributed by atoms with Crippen molar-refractivity contribution in [2.24, 2.45) is 0 Å². The van der Waals surface area contributed by atoms with Crippen LogP contribution in [0.2, 0.25) is 0 Å². The van der Waals surface area contributed by atoms with Crippen LogP contribution < -0.4 is 14.8 Å². The van der Waals surface area contributed by atoms with Gasteiger partial charge in [0.2, 0.25) is 6.10 Å². The quantitative estimate of drug-likeness (QED) is 0.828.